The Morgan fingerprint density at radius 2 is 2.00 bits per heavy atom. The molecule has 0 aliphatic heterocycles. The summed E-state index contributed by atoms with van der Waals surface area (Å²) in [6, 6.07) is 3.35. The average Bonchev–Trinajstić information content (AvgIpc) is 2.95. The molecule has 0 saturated heterocycles. The summed E-state index contributed by atoms with van der Waals surface area (Å²) in [6.07, 6.45) is 0.581. The number of carbonyl (C=O) groups is 2. The lowest BCUT2D eigenvalue weighted by atomic mass is 10.2. The second-order valence-corrected chi connectivity index (χ2v) is 7.03. The fraction of sp³-hybridized carbons (Fsp3) is 0.625. The zero-order chi connectivity index (χ0) is 16.7. The summed E-state index contributed by atoms with van der Waals surface area (Å²) in [5.74, 6) is 0.298. The first-order valence-electron chi connectivity index (χ1n) is 7.64. The second kappa shape index (κ2) is 8.78. The van der Waals surface area contributed by atoms with E-state index in [0.717, 1.165) is 4.88 Å². The van der Waals surface area contributed by atoms with Crippen LogP contribution in [0, 0.1) is 5.92 Å². The van der Waals surface area contributed by atoms with Crippen LogP contribution >= 0.6 is 11.3 Å². The quantitative estimate of drug-likeness (QED) is 0.838. The van der Waals surface area contributed by atoms with Gasteiger partial charge in [0.25, 0.3) is 0 Å². The lowest BCUT2D eigenvalue weighted by molar-refractivity contribution is -0.130. The van der Waals surface area contributed by atoms with Gasteiger partial charge in [0, 0.05) is 25.5 Å². The molecule has 5 nitrogen and oxygen atoms in total. The summed E-state index contributed by atoms with van der Waals surface area (Å²) >= 11 is 1.63. The largest absolute Gasteiger partial charge is 0.347 e. The fourth-order valence-corrected chi connectivity index (χ4v) is 2.86. The van der Waals surface area contributed by atoms with Crippen LogP contribution < -0.4 is 5.32 Å². The van der Waals surface area contributed by atoms with Crippen LogP contribution in [0.25, 0.3) is 0 Å². The van der Waals surface area contributed by atoms with Gasteiger partial charge in [-0.15, -0.1) is 11.3 Å². The summed E-state index contributed by atoms with van der Waals surface area (Å²) in [6.45, 7) is 7.30. The topological polar surface area (TPSA) is 52.7 Å². The molecule has 1 N–H and O–H groups in total. The highest BCUT2D eigenvalue weighted by molar-refractivity contribution is 7.09. The molecule has 0 aliphatic rings. The molecule has 1 aromatic rings. The summed E-state index contributed by atoms with van der Waals surface area (Å²) in [4.78, 5) is 29.1. The third-order valence-electron chi connectivity index (χ3n) is 3.24. The van der Waals surface area contributed by atoms with Gasteiger partial charge in [0.15, 0.2) is 0 Å². The Kier molecular flexibility index (Phi) is 7.38. The van der Waals surface area contributed by atoms with Crippen LogP contribution in [0.4, 0.5) is 4.79 Å². The minimum absolute atomic E-state index is 0.0727. The Hall–Kier alpha value is -1.56. The molecule has 1 aromatic heterocycles. The molecule has 0 saturated carbocycles. The summed E-state index contributed by atoms with van der Waals surface area (Å²) in [7, 11) is 3.41. The van der Waals surface area contributed by atoms with E-state index in [0.29, 0.717) is 25.4 Å². The van der Waals surface area contributed by atoms with E-state index >= 15 is 0 Å². The number of hydrogen-bond acceptors (Lipinski definition) is 3. The molecular weight excluding hydrogens is 298 g/mol. The van der Waals surface area contributed by atoms with Gasteiger partial charge in [-0.25, -0.2) is 4.79 Å². The smallest absolute Gasteiger partial charge is 0.318 e. The van der Waals surface area contributed by atoms with Crippen molar-refractivity contribution in [1.29, 1.82) is 0 Å². The van der Waals surface area contributed by atoms with Gasteiger partial charge in [-0.05, 0) is 23.8 Å². The molecule has 0 unspecified atom stereocenters. The van der Waals surface area contributed by atoms with Crippen molar-refractivity contribution in [3.8, 4) is 0 Å². The van der Waals surface area contributed by atoms with Gasteiger partial charge >= 0.3 is 6.03 Å². The minimum atomic E-state index is -0.472. The number of nitrogens with zero attached hydrogens (tertiary/aromatic N) is 2. The normalized spacial score (nSPS) is 12.1. The van der Waals surface area contributed by atoms with Gasteiger partial charge in [-0.1, -0.05) is 26.8 Å². The highest BCUT2D eigenvalue weighted by Crippen LogP contribution is 2.13. The highest BCUT2D eigenvalue weighted by atomic mass is 32.1. The Morgan fingerprint density at radius 1 is 1.32 bits per heavy atom. The number of likely N-dealkylation sites (N-methyl/N-ethyl adjacent to an activating group) is 1. The first-order chi connectivity index (χ1) is 10.3. The molecule has 0 aromatic carbocycles. The summed E-state index contributed by atoms with van der Waals surface area (Å²) in [5, 5.41) is 4.87. The van der Waals surface area contributed by atoms with Crippen LogP contribution in [0.5, 0.6) is 0 Å². The van der Waals surface area contributed by atoms with Gasteiger partial charge in [0.05, 0.1) is 6.54 Å². The van der Waals surface area contributed by atoms with Crippen molar-refractivity contribution in [2.75, 3.05) is 20.6 Å². The van der Waals surface area contributed by atoms with Crippen LogP contribution in [0.1, 0.15) is 32.1 Å². The SMILES string of the molecule is CC[C@H](NC(=O)N(Cc1cccs1)CC(C)C)C(=O)N(C)C. The third kappa shape index (κ3) is 5.67. The highest BCUT2D eigenvalue weighted by Gasteiger charge is 2.24. The zero-order valence-electron chi connectivity index (χ0n) is 14.1. The van der Waals surface area contributed by atoms with Crippen molar-refractivity contribution in [3.63, 3.8) is 0 Å². The third-order valence-corrected chi connectivity index (χ3v) is 4.11. The van der Waals surface area contributed by atoms with E-state index in [4.69, 9.17) is 0 Å². The first kappa shape index (κ1) is 18.5. The van der Waals surface area contributed by atoms with Crippen LogP contribution in [0.2, 0.25) is 0 Å². The number of amides is 3. The van der Waals surface area contributed by atoms with E-state index in [1.54, 1.807) is 30.3 Å². The zero-order valence-corrected chi connectivity index (χ0v) is 14.9. The number of rotatable bonds is 7. The van der Waals surface area contributed by atoms with Crippen molar-refractivity contribution >= 4 is 23.3 Å². The summed E-state index contributed by atoms with van der Waals surface area (Å²) < 4.78 is 0. The van der Waals surface area contributed by atoms with E-state index in [-0.39, 0.29) is 11.9 Å². The lowest BCUT2D eigenvalue weighted by Gasteiger charge is -2.28. The van der Waals surface area contributed by atoms with Crippen molar-refractivity contribution in [2.24, 2.45) is 5.92 Å². The predicted molar refractivity (Wildman–Crippen MR) is 90.9 cm³/mol. The fourth-order valence-electron chi connectivity index (χ4n) is 2.14. The van der Waals surface area contributed by atoms with E-state index in [1.807, 2.05) is 24.4 Å². The Labute approximate surface area is 137 Å². The molecule has 1 atom stereocenters. The molecular formula is C16H27N3O2S. The number of hydrogen-bond donors (Lipinski definition) is 1. The Bertz CT molecular complexity index is 472. The minimum Gasteiger partial charge on any atom is -0.347 e. The number of thiophene rings is 1. The number of urea groups is 1. The van der Waals surface area contributed by atoms with E-state index < -0.39 is 6.04 Å². The summed E-state index contributed by atoms with van der Waals surface area (Å²) in [5.41, 5.74) is 0. The lowest BCUT2D eigenvalue weighted by Crippen LogP contribution is -2.51. The van der Waals surface area contributed by atoms with Gasteiger partial charge in [-0.3, -0.25) is 4.79 Å². The maximum absolute atomic E-state index is 12.6. The molecule has 22 heavy (non-hydrogen) atoms. The van der Waals surface area contributed by atoms with Crippen LogP contribution in [-0.2, 0) is 11.3 Å². The van der Waals surface area contributed by atoms with E-state index in [2.05, 4.69) is 19.2 Å². The molecule has 0 spiro atoms. The standard InChI is InChI=1S/C16H27N3O2S/c1-6-14(15(20)18(4)5)17-16(21)19(10-12(2)3)11-13-8-7-9-22-13/h7-9,12,14H,6,10-11H2,1-5H3,(H,17,21)/t14-/m0/s1. The average molecular weight is 325 g/mol. The van der Waals surface area contributed by atoms with Crippen LogP contribution in [0.3, 0.4) is 0 Å². The molecule has 124 valence electrons. The van der Waals surface area contributed by atoms with Crippen LogP contribution in [-0.4, -0.2) is 48.4 Å². The van der Waals surface area contributed by atoms with Gasteiger partial charge in [0.2, 0.25) is 5.91 Å². The number of nitrogens with one attached hydrogen (secondary N) is 1. The maximum Gasteiger partial charge on any atom is 0.318 e. The van der Waals surface area contributed by atoms with Crippen LogP contribution in [0.15, 0.2) is 17.5 Å². The van der Waals surface area contributed by atoms with Crippen molar-refractivity contribution in [2.45, 2.75) is 39.8 Å². The monoisotopic (exact) mass is 325 g/mol. The predicted octanol–water partition coefficient (Wildman–Crippen LogP) is 2.78. The van der Waals surface area contributed by atoms with Gasteiger partial charge in [0.1, 0.15) is 6.04 Å². The van der Waals surface area contributed by atoms with Crippen molar-refractivity contribution in [1.82, 2.24) is 15.1 Å². The van der Waals surface area contributed by atoms with E-state index in [9.17, 15) is 9.59 Å². The number of carbonyl (C=O) groups excluding carboxylic acids is 2. The van der Waals surface area contributed by atoms with Crippen molar-refractivity contribution < 1.29 is 9.59 Å². The maximum atomic E-state index is 12.6. The van der Waals surface area contributed by atoms with E-state index in [1.165, 1.54) is 4.90 Å². The molecule has 0 aliphatic carbocycles. The Morgan fingerprint density at radius 3 is 2.45 bits per heavy atom. The molecule has 1 rings (SSSR count). The Balaban J connectivity index is 2.75. The molecule has 0 bridgehead atoms. The second-order valence-electron chi connectivity index (χ2n) is 6.00. The molecule has 6 heteroatoms. The molecule has 0 fully saturated rings. The molecule has 1 heterocycles. The first-order valence-corrected chi connectivity index (χ1v) is 8.52. The molecule has 3 amide bonds. The van der Waals surface area contributed by atoms with Gasteiger partial charge in [-0.2, -0.15) is 0 Å². The molecule has 0 radical (unpaired) electrons. The van der Waals surface area contributed by atoms with Gasteiger partial charge < -0.3 is 15.1 Å². The van der Waals surface area contributed by atoms with Crippen molar-refractivity contribution in [3.05, 3.63) is 22.4 Å².